The number of piperidine rings is 1. The predicted octanol–water partition coefficient (Wildman–Crippen LogP) is 4.68. The average Bonchev–Trinajstić information content (AvgIpc) is 2.76. The van der Waals surface area contributed by atoms with Crippen molar-refractivity contribution in [1.82, 2.24) is 4.98 Å². The molecule has 0 atom stereocenters. The first kappa shape index (κ1) is 20.0. The van der Waals surface area contributed by atoms with Crippen LogP contribution in [0.3, 0.4) is 0 Å². The molecule has 0 amide bonds. The zero-order valence-electron chi connectivity index (χ0n) is 18.0. The van der Waals surface area contributed by atoms with E-state index >= 15 is 0 Å². The topological polar surface area (TPSA) is 61.8 Å². The Balaban J connectivity index is 1.55. The number of benzene rings is 1. The summed E-state index contributed by atoms with van der Waals surface area (Å²) in [5, 5.41) is 6.73. The second-order valence-corrected chi connectivity index (χ2v) is 7.71. The smallest absolute Gasteiger partial charge is 0.237 e. The normalized spacial score (nSPS) is 18.6. The lowest BCUT2D eigenvalue weighted by molar-refractivity contribution is 0.310. The van der Waals surface area contributed by atoms with Gasteiger partial charge in [0.2, 0.25) is 5.88 Å². The van der Waals surface area contributed by atoms with Gasteiger partial charge in [0, 0.05) is 24.3 Å². The van der Waals surface area contributed by atoms with Crippen LogP contribution in [-0.4, -0.2) is 36.9 Å². The zero-order valence-corrected chi connectivity index (χ0v) is 18.0. The van der Waals surface area contributed by atoms with E-state index in [9.17, 15) is 0 Å². The average molecular weight is 404 g/mol. The quantitative estimate of drug-likeness (QED) is 0.776. The number of aliphatic imine (C=N–C) groups is 1. The summed E-state index contributed by atoms with van der Waals surface area (Å²) in [5.74, 6) is 1.34. The van der Waals surface area contributed by atoms with E-state index in [2.05, 4.69) is 66.1 Å². The van der Waals surface area contributed by atoms with E-state index in [0.29, 0.717) is 18.3 Å². The third-order valence-electron chi connectivity index (χ3n) is 5.58. The maximum Gasteiger partial charge on any atom is 0.237 e. The largest absolute Gasteiger partial charge is 0.474 e. The number of anilines is 3. The number of nitrogens with one attached hydrogen (secondary N) is 2. The number of hydrogen-bond donors (Lipinski definition) is 2. The lowest BCUT2D eigenvalue weighted by atomic mass is 10.00. The molecule has 0 radical (unpaired) electrons. The van der Waals surface area contributed by atoms with Crippen LogP contribution in [0, 0.1) is 13.8 Å². The van der Waals surface area contributed by atoms with E-state index in [-0.39, 0.29) is 0 Å². The molecule has 6 heteroatoms. The van der Waals surface area contributed by atoms with Crippen LogP contribution in [0.4, 0.5) is 17.1 Å². The predicted molar refractivity (Wildman–Crippen MR) is 125 cm³/mol. The third-order valence-corrected chi connectivity index (χ3v) is 5.58. The van der Waals surface area contributed by atoms with Gasteiger partial charge in [0.05, 0.1) is 24.1 Å². The number of aryl methyl sites for hydroxylation is 1. The van der Waals surface area contributed by atoms with Gasteiger partial charge in [-0.1, -0.05) is 30.4 Å². The Morgan fingerprint density at radius 1 is 1.30 bits per heavy atom. The molecule has 1 fully saturated rings. The minimum atomic E-state index is 0.644. The molecular formula is C24H29N5O. The highest BCUT2D eigenvalue weighted by Gasteiger charge is 2.24. The first-order valence-corrected chi connectivity index (χ1v) is 10.4. The number of pyridine rings is 1. The van der Waals surface area contributed by atoms with Gasteiger partial charge in [-0.15, -0.1) is 0 Å². The van der Waals surface area contributed by atoms with Gasteiger partial charge in [0.25, 0.3) is 0 Å². The molecule has 2 N–H and O–H groups in total. The van der Waals surface area contributed by atoms with Crippen molar-refractivity contribution < 1.29 is 4.74 Å². The third kappa shape index (κ3) is 4.17. The Morgan fingerprint density at radius 2 is 2.10 bits per heavy atom. The van der Waals surface area contributed by atoms with Crippen LogP contribution in [0.25, 0.3) is 0 Å². The highest BCUT2D eigenvalue weighted by molar-refractivity contribution is 6.05. The lowest BCUT2D eigenvalue weighted by Gasteiger charge is -2.33. The molecule has 2 aromatic rings. The number of hydrogen-bond acceptors (Lipinski definition) is 6. The van der Waals surface area contributed by atoms with Crippen LogP contribution in [0.15, 0.2) is 59.5 Å². The fraction of sp³-hybridized carbons (Fsp3) is 0.333. The summed E-state index contributed by atoms with van der Waals surface area (Å²) in [6.07, 6.45) is 5.01. The number of fused-ring (bicyclic) bond motifs is 1. The number of ether oxygens (including phenoxy) is 1. The van der Waals surface area contributed by atoms with E-state index in [1.807, 2.05) is 18.3 Å². The first-order chi connectivity index (χ1) is 14.5. The summed E-state index contributed by atoms with van der Waals surface area (Å²) in [5.41, 5.74) is 7.81. The van der Waals surface area contributed by atoms with Crippen LogP contribution in [0.2, 0.25) is 0 Å². The van der Waals surface area contributed by atoms with Crippen LogP contribution in [0.5, 0.6) is 5.88 Å². The van der Waals surface area contributed by atoms with Crippen molar-refractivity contribution in [3.63, 3.8) is 0 Å². The highest BCUT2D eigenvalue weighted by Crippen LogP contribution is 2.35. The minimum absolute atomic E-state index is 0.644. The van der Waals surface area contributed by atoms with Crippen molar-refractivity contribution in [2.45, 2.75) is 27.2 Å². The number of allylic oxidation sites excluding steroid dienone is 1. The van der Waals surface area contributed by atoms with E-state index in [0.717, 1.165) is 48.8 Å². The Hall–Kier alpha value is -3.28. The van der Waals surface area contributed by atoms with Gasteiger partial charge >= 0.3 is 0 Å². The molecular weight excluding hydrogens is 374 g/mol. The van der Waals surface area contributed by atoms with Crippen LogP contribution < -0.4 is 20.3 Å². The van der Waals surface area contributed by atoms with Crippen molar-refractivity contribution >= 4 is 22.8 Å². The van der Waals surface area contributed by atoms with Gasteiger partial charge in [-0.25, -0.2) is 9.98 Å². The van der Waals surface area contributed by atoms with Crippen molar-refractivity contribution in [2.75, 3.05) is 41.8 Å². The number of rotatable bonds is 4. The van der Waals surface area contributed by atoms with Gasteiger partial charge < -0.3 is 20.3 Å². The molecule has 1 saturated heterocycles. The van der Waals surface area contributed by atoms with Crippen molar-refractivity contribution in [3.8, 4) is 5.88 Å². The molecule has 3 heterocycles. The fourth-order valence-corrected chi connectivity index (χ4v) is 3.91. The molecule has 4 rings (SSSR count). The van der Waals surface area contributed by atoms with E-state index in [1.54, 1.807) is 0 Å². The van der Waals surface area contributed by atoms with Crippen molar-refractivity contribution in [1.29, 1.82) is 0 Å². The van der Waals surface area contributed by atoms with Crippen molar-refractivity contribution in [2.24, 2.45) is 4.99 Å². The molecule has 6 nitrogen and oxygen atoms in total. The van der Waals surface area contributed by atoms with Gasteiger partial charge in [-0.2, -0.15) is 0 Å². The molecule has 0 unspecified atom stereocenters. The lowest BCUT2D eigenvalue weighted by Crippen LogP contribution is -2.38. The molecule has 0 saturated carbocycles. The summed E-state index contributed by atoms with van der Waals surface area (Å²) >= 11 is 0. The standard InChI is InChI=1S/C24H29N5O/c1-5-19-10-12-29(22-14-26-24-23(17(22)3)25-11-13-30-24)15-21(19)28-18(4)27-20-8-6-16(2)7-9-20/h5-9,14,25,27H,4,10-13,15H2,1-3H3/b19-5-,28-21-. The van der Waals surface area contributed by atoms with Crippen molar-refractivity contribution in [3.05, 3.63) is 65.6 Å². The van der Waals surface area contributed by atoms with Gasteiger partial charge in [-0.05, 0) is 44.9 Å². The molecule has 0 aliphatic carbocycles. The SMILES string of the molecule is C=C(/N=C1/CN(c2cnc3c(c2C)NCCO3)CC/C1=C/C)Nc1ccc(C)cc1. The number of aromatic nitrogens is 1. The Morgan fingerprint density at radius 3 is 2.87 bits per heavy atom. The molecule has 0 bridgehead atoms. The monoisotopic (exact) mass is 403 g/mol. The van der Waals surface area contributed by atoms with Gasteiger partial charge in [0.1, 0.15) is 18.1 Å². The molecule has 156 valence electrons. The van der Waals surface area contributed by atoms with E-state index in [1.165, 1.54) is 16.7 Å². The second-order valence-electron chi connectivity index (χ2n) is 7.71. The minimum Gasteiger partial charge on any atom is -0.474 e. The summed E-state index contributed by atoms with van der Waals surface area (Å²) in [7, 11) is 0. The summed E-state index contributed by atoms with van der Waals surface area (Å²) in [6.45, 7) is 13.5. The van der Waals surface area contributed by atoms with E-state index < -0.39 is 0 Å². The maximum atomic E-state index is 5.67. The summed E-state index contributed by atoms with van der Waals surface area (Å²) in [6, 6.07) is 8.24. The zero-order chi connectivity index (χ0) is 21.1. The Labute approximate surface area is 178 Å². The molecule has 2 aliphatic rings. The molecule has 1 aromatic heterocycles. The Kier molecular flexibility index (Phi) is 5.74. The summed E-state index contributed by atoms with van der Waals surface area (Å²) in [4.78, 5) is 11.7. The van der Waals surface area contributed by atoms with Crippen LogP contribution in [0.1, 0.15) is 24.5 Å². The van der Waals surface area contributed by atoms with E-state index in [4.69, 9.17) is 9.73 Å². The molecule has 30 heavy (non-hydrogen) atoms. The maximum absolute atomic E-state index is 5.67. The highest BCUT2D eigenvalue weighted by atomic mass is 16.5. The number of nitrogens with zero attached hydrogens (tertiary/aromatic N) is 3. The molecule has 0 spiro atoms. The Bertz CT molecular complexity index is 1010. The summed E-state index contributed by atoms with van der Waals surface area (Å²) < 4.78 is 5.67. The fourth-order valence-electron chi connectivity index (χ4n) is 3.91. The van der Waals surface area contributed by atoms with Gasteiger partial charge in [-0.3, -0.25) is 0 Å². The second kappa shape index (κ2) is 8.61. The van der Waals surface area contributed by atoms with Crippen LogP contribution in [-0.2, 0) is 0 Å². The van der Waals surface area contributed by atoms with Crippen LogP contribution >= 0.6 is 0 Å². The first-order valence-electron chi connectivity index (χ1n) is 10.4. The molecule has 1 aromatic carbocycles. The molecule has 2 aliphatic heterocycles. The van der Waals surface area contributed by atoms with Gasteiger partial charge in [0.15, 0.2) is 0 Å².